The first-order valence-electron chi connectivity index (χ1n) is 11.1. The van der Waals surface area contributed by atoms with Crippen molar-refractivity contribution in [1.29, 1.82) is 0 Å². The molecular weight excluding hydrogens is 362 g/mol. The van der Waals surface area contributed by atoms with Crippen LogP contribution in [0.5, 0.6) is 0 Å². The van der Waals surface area contributed by atoms with Crippen molar-refractivity contribution in [3.63, 3.8) is 0 Å². The van der Waals surface area contributed by atoms with E-state index < -0.39 is 0 Å². The van der Waals surface area contributed by atoms with E-state index in [9.17, 15) is 5.21 Å². The van der Waals surface area contributed by atoms with Gasteiger partial charge in [0.2, 0.25) is 5.96 Å². The van der Waals surface area contributed by atoms with E-state index in [0.29, 0.717) is 0 Å². The smallest absolute Gasteiger partial charge is 0.221 e. The second kappa shape index (κ2) is 8.08. The molecular formula is C21H36ClN3O2. The minimum atomic E-state index is 0. The van der Waals surface area contributed by atoms with Crippen molar-refractivity contribution in [2.45, 2.75) is 82.2 Å². The van der Waals surface area contributed by atoms with Crippen LogP contribution in [0.1, 0.15) is 70.6 Å². The fourth-order valence-corrected chi connectivity index (χ4v) is 6.93. The van der Waals surface area contributed by atoms with Gasteiger partial charge in [0.05, 0.1) is 24.8 Å². The highest BCUT2D eigenvalue weighted by atomic mass is 35.5. The zero-order chi connectivity index (χ0) is 17.6. The molecule has 1 N–H and O–H groups in total. The molecule has 0 aromatic heterocycles. The maximum atomic E-state index is 11.2. The molecule has 1 saturated heterocycles. The van der Waals surface area contributed by atoms with E-state index in [0.717, 1.165) is 62.9 Å². The monoisotopic (exact) mass is 397 g/mol. The molecule has 0 spiro atoms. The number of hydrogen-bond acceptors (Lipinski definition) is 3. The number of nitrogens with zero attached hydrogens (tertiary/aromatic N) is 3. The van der Waals surface area contributed by atoms with Crippen LogP contribution in [0.2, 0.25) is 0 Å². The summed E-state index contributed by atoms with van der Waals surface area (Å²) in [5.41, 5.74) is 0.109. The first-order valence-corrected chi connectivity index (χ1v) is 11.1. The minimum absolute atomic E-state index is 0. The number of hydroxylamine groups is 2. The van der Waals surface area contributed by atoms with Gasteiger partial charge in [-0.15, -0.1) is 12.4 Å². The molecule has 1 aliphatic heterocycles. The van der Waals surface area contributed by atoms with Crippen molar-refractivity contribution >= 4 is 18.4 Å². The number of halogens is 1. The van der Waals surface area contributed by atoms with Gasteiger partial charge in [0.15, 0.2) is 0 Å². The van der Waals surface area contributed by atoms with Crippen molar-refractivity contribution in [2.24, 2.45) is 22.7 Å². The molecule has 6 fully saturated rings. The number of aliphatic imine (C=N–C) groups is 1. The average Bonchev–Trinajstić information content (AvgIpc) is 2.66. The quantitative estimate of drug-likeness (QED) is 0.433. The first kappa shape index (κ1) is 19.8. The Bertz CT molecular complexity index is 508. The molecule has 6 aliphatic rings. The number of guanidine groups is 1. The molecule has 0 amide bonds. The topological polar surface area (TPSA) is 48.3 Å². The molecule has 27 heavy (non-hydrogen) atoms. The molecule has 0 radical (unpaired) electrons. The van der Waals surface area contributed by atoms with Gasteiger partial charge in [0.25, 0.3) is 0 Å². The van der Waals surface area contributed by atoms with Crippen LogP contribution < -0.4 is 0 Å². The maximum absolute atomic E-state index is 11.2. The fraction of sp³-hybridized carbons (Fsp3) is 0.952. The largest absolute Gasteiger partial charge is 0.378 e. The molecule has 6 rings (SSSR count). The Morgan fingerprint density at radius 1 is 0.926 bits per heavy atom. The lowest BCUT2D eigenvalue weighted by Crippen LogP contribution is -2.55. The van der Waals surface area contributed by atoms with E-state index in [1.165, 1.54) is 57.8 Å². The summed E-state index contributed by atoms with van der Waals surface area (Å²) < 4.78 is 5.57. The van der Waals surface area contributed by atoms with Gasteiger partial charge in [0.1, 0.15) is 0 Å². The Hall–Kier alpha value is -0.520. The van der Waals surface area contributed by atoms with Crippen LogP contribution in [0.3, 0.4) is 0 Å². The van der Waals surface area contributed by atoms with E-state index in [-0.39, 0.29) is 24.0 Å². The zero-order valence-corrected chi connectivity index (χ0v) is 17.3. The third-order valence-electron chi connectivity index (χ3n) is 7.76. The lowest BCUT2D eigenvalue weighted by atomic mass is 9.53. The van der Waals surface area contributed by atoms with E-state index >= 15 is 0 Å². The predicted octanol–water partition coefficient (Wildman–Crippen LogP) is 4.09. The van der Waals surface area contributed by atoms with Crippen LogP contribution >= 0.6 is 12.4 Å². The van der Waals surface area contributed by atoms with Gasteiger partial charge in [-0.1, -0.05) is 19.3 Å². The highest BCUT2D eigenvalue weighted by Crippen LogP contribution is 2.57. The van der Waals surface area contributed by atoms with Gasteiger partial charge in [-0.05, 0) is 69.1 Å². The molecule has 5 aliphatic carbocycles. The van der Waals surface area contributed by atoms with Crippen LogP contribution in [-0.4, -0.2) is 59.0 Å². The zero-order valence-electron chi connectivity index (χ0n) is 16.5. The maximum Gasteiger partial charge on any atom is 0.221 e. The Balaban J connectivity index is 0.00000180. The Morgan fingerprint density at radius 2 is 1.48 bits per heavy atom. The number of rotatable bonds is 2. The molecule has 0 atom stereocenters. The normalized spacial score (nSPS) is 39.4. The SMILES string of the molecule is Cl.ON(C(=NC12CC3CC(CC(C3)C1)C2)N1CCOCC1)C1CCCCC1. The summed E-state index contributed by atoms with van der Waals surface area (Å²) >= 11 is 0. The highest BCUT2D eigenvalue weighted by molar-refractivity contribution is 5.85. The lowest BCUT2D eigenvalue weighted by molar-refractivity contribution is -0.0835. The number of hydrogen-bond donors (Lipinski definition) is 1. The molecule has 5 saturated carbocycles. The average molecular weight is 398 g/mol. The minimum Gasteiger partial charge on any atom is -0.378 e. The van der Waals surface area contributed by atoms with Gasteiger partial charge >= 0.3 is 0 Å². The summed E-state index contributed by atoms with van der Waals surface area (Å²) in [4.78, 5) is 7.73. The summed E-state index contributed by atoms with van der Waals surface area (Å²) in [5.74, 6) is 3.54. The standard InChI is InChI=1S/C21H35N3O2.ClH/c25-24(19-4-2-1-3-5-19)20(23-6-8-26-9-7-23)22-21-13-16-10-17(14-21)12-18(11-16)15-21;/h16-19,25H,1-15H2;1H. The fourth-order valence-electron chi connectivity index (χ4n) is 6.93. The molecule has 4 bridgehead atoms. The molecule has 0 aromatic carbocycles. The molecule has 5 nitrogen and oxygen atoms in total. The highest BCUT2D eigenvalue weighted by Gasteiger charge is 2.51. The predicted molar refractivity (Wildman–Crippen MR) is 108 cm³/mol. The Labute approximate surface area is 169 Å². The summed E-state index contributed by atoms with van der Waals surface area (Å²) in [6.45, 7) is 3.21. The molecule has 0 unspecified atom stereocenters. The second-order valence-corrected chi connectivity index (χ2v) is 9.79. The molecule has 6 heteroatoms. The number of morpholine rings is 1. The van der Waals surface area contributed by atoms with Crippen molar-refractivity contribution in [3.05, 3.63) is 0 Å². The van der Waals surface area contributed by atoms with Gasteiger partial charge in [-0.3, -0.25) is 5.21 Å². The Kier molecular flexibility index (Phi) is 5.92. The summed E-state index contributed by atoms with van der Waals surface area (Å²) in [7, 11) is 0. The first-order chi connectivity index (χ1) is 12.7. The third-order valence-corrected chi connectivity index (χ3v) is 7.76. The van der Waals surface area contributed by atoms with E-state index in [2.05, 4.69) is 4.90 Å². The summed E-state index contributed by atoms with van der Waals surface area (Å²) in [6.07, 6.45) is 14.0. The molecule has 0 aromatic rings. The van der Waals surface area contributed by atoms with Crippen LogP contribution in [0.15, 0.2) is 4.99 Å². The summed E-state index contributed by atoms with van der Waals surface area (Å²) in [5, 5.41) is 12.8. The van der Waals surface area contributed by atoms with E-state index in [4.69, 9.17) is 9.73 Å². The number of ether oxygens (including phenoxy) is 1. The summed E-state index contributed by atoms with van der Waals surface area (Å²) in [6, 6.07) is 0.249. The van der Waals surface area contributed by atoms with Gasteiger partial charge < -0.3 is 9.64 Å². The van der Waals surface area contributed by atoms with E-state index in [1.807, 2.05) is 0 Å². The van der Waals surface area contributed by atoms with Crippen LogP contribution in [0.4, 0.5) is 0 Å². The van der Waals surface area contributed by atoms with E-state index in [1.54, 1.807) is 5.06 Å². The van der Waals surface area contributed by atoms with Crippen molar-refractivity contribution < 1.29 is 9.94 Å². The second-order valence-electron chi connectivity index (χ2n) is 9.79. The molecule has 1 heterocycles. The Morgan fingerprint density at radius 3 is 2.04 bits per heavy atom. The van der Waals surface area contributed by atoms with Gasteiger partial charge in [-0.25, -0.2) is 10.1 Å². The van der Waals surface area contributed by atoms with Gasteiger partial charge in [-0.2, -0.15) is 0 Å². The van der Waals surface area contributed by atoms with Crippen molar-refractivity contribution in [3.8, 4) is 0 Å². The van der Waals surface area contributed by atoms with Crippen molar-refractivity contribution in [2.75, 3.05) is 26.3 Å². The molecule has 154 valence electrons. The van der Waals surface area contributed by atoms with Crippen molar-refractivity contribution in [1.82, 2.24) is 9.96 Å². The van der Waals surface area contributed by atoms with Crippen LogP contribution in [0, 0.1) is 17.8 Å². The van der Waals surface area contributed by atoms with Gasteiger partial charge in [0, 0.05) is 13.1 Å². The lowest BCUT2D eigenvalue weighted by Gasteiger charge is -2.55. The third kappa shape index (κ3) is 3.97. The van der Waals surface area contributed by atoms with Crippen LogP contribution in [-0.2, 0) is 4.74 Å². The van der Waals surface area contributed by atoms with Crippen LogP contribution in [0.25, 0.3) is 0 Å².